The lowest BCUT2D eigenvalue weighted by Crippen LogP contribution is -2.08. The van der Waals surface area contributed by atoms with E-state index in [9.17, 15) is 4.79 Å². The van der Waals surface area contributed by atoms with Gasteiger partial charge >= 0.3 is 5.97 Å². The number of hydrogen-bond donors (Lipinski definition) is 0. The van der Waals surface area contributed by atoms with Crippen molar-refractivity contribution in [3.63, 3.8) is 0 Å². The number of nitrogens with zero attached hydrogens (tertiary/aromatic N) is 1. The number of ether oxygens (including phenoxy) is 2. The molecule has 0 saturated carbocycles. The largest absolute Gasteiger partial charge is 0.494 e. The topological polar surface area (TPSA) is 47.9 Å². The van der Waals surface area contributed by atoms with E-state index in [0.717, 1.165) is 4.47 Å². The maximum Gasteiger partial charge on any atom is 0.311 e. The van der Waals surface area contributed by atoms with Gasteiger partial charge < -0.3 is 9.47 Å². The molecule has 1 aromatic carbocycles. The molecule has 0 aliphatic carbocycles. The molecule has 0 amide bonds. The van der Waals surface area contributed by atoms with Crippen molar-refractivity contribution in [3.8, 4) is 5.75 Å². The molecule has 0 saturated heterocycles. The summed E-state index contributed by atoms with van der Waals surface area (Å²) in [6.07, 6.45) is 0.188. The number of rotatable bonds is 5. The van der Waals surface area contributed by atoms with E-state index in [2.05, 4.69) is 20.9 Å². The predicted octanol–water partition coefficient (Wildman–Crippen LogP) is 3.50. The third kappa shape index (κ3) is 4.49. The van der Waals surface area contributed by atoms with Crippen LogP contribution >= 0.6 is 15.9 Å². The van der Waals surface area contributed by atoms with Crippen LogP contribution in [0.25, 0.3) is 0 Å². The Bertz CT molecular complexity index is 458. The van der Waals surface area contributed by atoms with Crippen LogP contribution < -0.4 is 4.74 Å². The van der Waals surface area contributed by atoms with E-state index in [-0.39, 0.29) is 12.4 Å². The molecule has 1 aromatic rings. The zero-order valence-electron chi connectivity index (χ0n) is 10.7. The van der Waals surface area contributed by atoms with Crippen LogP contribution in [0.4, 0.5) is 5.69 Å². The third-order valence-corrected chi connectivity index (χ3v) is 2.65. The zero-order chi connectivity index (χ0) is 13.5. The van der Waals surface area contributed by atoms with Crippen molar-refractivity contribution in [2.45, 2.75) is 20.3 Å². The Morgan fingerprint density at radius 1 is 1.44 bits per heavy atom. The summed E-state index contributed by atoms with van der Waals surface area (Å²) in [6.45, 7) is 3.95. The molecule has 0 unspecified atom stereocenters. The minimum atomic E-state index is -0.269. The molecule has 5 heteroatoms. The summed E-state index contributed by atoms with van der Waals surface area (Å²) < 4.78 is 11.0. The SMILES string of the molecule is CCOC(=O)CC(C)=Nc1ccc(Br)cc1OC. The average Bonchev–Trinajstić information content (AvgIpc) is 2.31. The highest BCUT2D eigenvalue weighted by Crippen LogP contribution is 2.30. The van der Waals surface area contributed by atoms with Crippen LogP contribution in [0.3, 0.4) is 0 Å². The molecule has 18 heavy (non-hydrogen) atoms. The smallest absolute Gasteiger partial charge is 0.311 e. The first-order chi connectivity index (χ1) is 8.56. The second-order valence-electron chi connectivity index (χ2n) is 3.65. The molecule has 0 spiro atoms. The molecule has 0 heterocycles. The van der Waals surface area contributed by atoms with Crippen molar-refractivity contribution in [2.24, 2.45) is 4.99 Å². The van der Waals surface area contributed by atoms with Gasteiger partial charge in [0, 0.05) is 10.2 Å². The quantitative estimate of drug-likeness (QED) is 0.617. The first-order valence-electron chi connectivity index (χ1n) is 5.60. The molecule has 0 radical (unpaired) electrons. The monoisotopic (exact) mass is 313 g/mol. The number of carbonyl (C=O) groups is 1. The van der Waals surface area contributed by atoms with E-state index in [0.29, 0.717) is 23.8 Å². The number of esters is 1. The number of hydrogen-bond acceptors (Lipinski definition) is 4. The first-order valence-corrected chi connectivity index (χ1v) is 6.39. The van der Waals surface area contributed by atoms with Gasteiger partial charge in [-0.25, -0.2) is 0 Å². The molecule has 0 atom stereocenters. The van der Waals surface area contributed by atoms with Gasteiger partial charge in [0.1, 0.15) is 11.4 Å². The minimum absolute atomic E-state index is 0.188. The zero-order valence-corrected chi connectivity index (χ0v) is 12.3. The van der Waals surface area contributed by atoms with Crippen molar-refractivity contribution < 1.29 is 14.3 Å². The van der Waals surface area contributed by atoms with Gasteiger partial charge in [-0.05, 0) is 32.0 Å². The Kier molecular flexibility index (Phi) is 5.85. The molecule has 0 fully saturated rings. The summed E-state index contributed by atoms with van der Waals surface area (Å²) in [7, 11) is 1.58. The maximum atomic E-state index is 11.3. The summed E-state index contributed by atoms with van der Waals surface area (Å²) >= 11 is 3.36. The molecular formula is C13H16BrNO3. The molecule has 98 valence electrons. The van der Waals surface area contributed by atoms with Crippen LogP contribution in [0.1, 0.15) is 20.3 Å². The van der Waals surface area contributed by atoms with Gasteiger partial charge in [0.2, 0.25) is 0 Å². The van der Waals surface area contributed by atoms with Crippen LogP contribution in [-0.4, -0.2) is 25.4 Å². The Hall–Kier alpha value is -1.36. The number of aliphatic imine (C=N–C) groups is 1. The molecule has 1 rings (SSSR count). The molecule has 0 bridgehead atoms. The normalized spacial score (nSPS) is 11.2. The molecular weight excluding hydrogens is 298 g/mol. The highest BCUT2D eigenvalue weighted by molar-refractivity contribution is 9.10. The van der Waals surface area contributed by atoms with E-state index in [1.807, 2.05) is 18.2 Å². The van der Waals surface area contributed by atoms with Gasteiger partial charge in [-0.1, -0.05) is 15.9 Å². The Morgan fingerprint density at radius 2 is 2.17 bits per heavy atom. The van der Waals surface area contributed by atoms with Crippen molar-refractivity contribution in [2.75, 3.05) is 13.7 Å². The second-order valence-corrected chi connectivity index (χ2v) is 4.56. The van der Waals surface area contributed by atoms with Gasteiger partial charge in [0.15, 0.2) is 0 Å². The Balaban J connectivity index is 2.84. The predicted molar refractivity (Wildman–Crippen MR) is 74.7 cm³/mol. The standard InChI is InChI=1S/C13H16BrNO3/c1-4-18-13(16)7-9(2)15-11-6-5-10(14)8-12(11)17-3/h5-6,8H,4,7H2,1-3H3. The lowest BCUT2D eigenvalue weighted by Gasteiger charge is -2.06. The number of halogens is 1. The van der Waals surface area contributed by atoms with E-state index in [1.165, 1.54) is 0 Å². The van der Waals surface area contributed by atoms with Gasteiger partial charge in [-0.15, -0.1) is 0 Å². The van der Waals surface area contributed by atoms with Crippen LogP contribution in [0.2, 0.25) is 0 Å². The maximum absolute atomic E-state index is 11.3. The molecule has 0 aromatic heterocycles. The van der Waals surface area contributed by atoms with Crippen molar-refractivity contribution >= 4 is 33.3 Å². The highest BCUT2D eigenvalue weighted by Gasteiger charge is 2.07. The third-order valence-electron chi connectivity index (χ3n) is 2.16. The summed E-state index contributed by atoms with van der Waals surface area (Å²) in [4.78, 5) is 15.7. The number of benzene rings is 1. The fraction of sp³-hybridized carbons (Fsp3) is 0.385. The average molecular weight is 314 g/mol. The van der Waals surface area contributed by atoms with E-state index in [1.54, 1.807) is 21.0 Å². The second kappa shape index (κ2) is 7.16. The molecule has 0 aliphatic rings. The number of carbonyl (C=O) groups excluding carboxylic acids is 1. The van der Waals surface area contributed by atoms with Crippen LogP contribution in [-0.2, 0) is 9.53 Å². The number of methoxy groups -OCH3 is 1. The highest BCUT2D eigenvalue weighted by atomic mass is 79.9. The summed E-state index contributed by atoms with van der Waals surface area (Å²) in [6, 6.07) is 5.53. The minimum Gasteiger partial charge on any atom is -0.494 e. The van der Waals surface area contributed by atoms with Crippen LogP contribution in [0.5, 0.6) is 5.75 Å². The fourth-order valence-electron chi connectivity index (χ4n) is 1.41. The van der Waals surface area contributed by atoms with Crippen LogP contribution in [0, 0.1) is 0 Å². The van der Waals surface area contributed by atoms with Gasteiger partial charge in [-0.3, -0.25) is 9.79 Å². The van der Waals surface area contributed by atoms with Crippen molar-refractivity contribution in [1.82, 2.24) is 0 Å². The summed E-state index contributed by atoms with van der Waals surface area (Å²) in [5.41, 5.74) is 1.39. The van der Waals surface area contributed by atoms with Crippen molar-refractivity contribution in [1.29, 1.82) is 0 Å². The lowest BCUT2D eigenvalue weighted by atomic mass is 10.2. The Labute approximate surface area is 115 Å². The van der Waals surface area contributed by atoms with Crippen LogP contribution in [0.15, 0.2) is 27.7 Å². The van der Waals surface area contributed by atoms with Gasteiger partial charge in [0.05, 0.1) is 20.1 Å². The van der Waals surface area contributed by atoms with E-state index >= 15 is 0 Å². The van der Waals surface area contributed by atoms with Crippen molar-refractivity contribution in [3.05, 3.63) is 22.7 Å². The van der Waals surface area contributed by atoms with Gasteiger partial charge in [-0.2, -0.15) is 0 Å². The summed E-state index contributed by atoms with van der Waals surface area (Å²) in [5.74, 6) is 0.391. The molecule has 4 nitrogen and oxygen atoms in total. The van der Waals surface area contributed by atoms with E-state index in [4.69, 9.17) is 9.47 Å². The van der Waals surface area contributed by atoms with E-state index < -0.39 is 0 Å². The molecule has 0 N–H and O–H groups in total. The first kappa shape index (κ1) is 14.7. The lowest BCUT2D eigenvalue weighted by molar-refractivity contribution is -0.141. The Morgan fingerprint density at radius 3 is 2.78 bits per heavy atom. The fourth-order valence-corrected chi connectivity index (χ4v) is 1.75. The van der Waals surface area contributed by atoms with Gasteiger partial charge in [0.25, 0.3) is 0 Å². The summed E-state index contributed by atoms with van der Waals surface area (Å²) in [5, 5.41) is 0. The molecule has 0 aliphatic heterocycles.